The van der Waals surface area contributed by atoms with Crippen molar-refractivity contribution in [2.75, 3.05) is 31.0 Å². The minimum Gasteiger partial charge on any atom is -0.478 e. The average Bonchev–Trinajstić information content (AvgIpc) is 2.85. The summed E-state index contributed by atoms with van der Waals surface area (Å²) >= 11 is 0. The van der Waals surface area contributed by atoms with Gasteiger partial charge in [-0.25, -0.2) is 19.2 Å². The van der Waals surface area contributed by atoms with Gasteiger partial charge in [-0.15, -0.1) is 0 Å². The van der Waals surface area contributed by atoms with Crippen LogP contribution in [-0.4, -0.2) is 61.1 Å². The van der Waals surface area contributed by atoms with E-state index >= 15 is 0 Å². The van der Waals surface area contributed by atoms with E-state index in [-0.39, 0.29) is 5.56 Å². The van der Waals surface area contributed by atoms with Crippen molar-refractivity contribution in [3.8, 4) is 0 Å². The van der Waals surface area contributed by atoms with Crippen LogP contribution in [0, 0.1) is 0 Å². The maximum Gasteiger partial charge on any atom is 0.337 e. The van der Waals surface area contributed by atoms with Gasteiger partial charge in [0.15, 0.2) is 13.2 Å². The molecule has 0 saturated carbocycles. The van der Waals surface area contributed by atoms with Crippen molar-refractivity contribution in [2.24, 2.45) is 0 Å². The SMILES string of the molecule is COC(=O)c1ccc(NC(=O)COC(=O)/C=C/C(=O)OCC(=O)Nc2ccc(C(=O)O)cc2)cc1. The van der Waals surface area contributed by atoms with Gasteiger partial charge in [0.25, 0.3) is 11.8 Å². The summed E-state index contributed by atoms with van der Waals surface area (Å²) in [6.45, 7) is -1.30. The van der Waals surface area contributed by atoms with Gasteiger partial charge in [0.2, 0.25) is 0 Å². The fourth-order valence-corrected chi connectivity index (χ4v) is 2.40. The van der Waals surface area contributed by atoms with Crippen molar-refractivity contribution in [3.63, 3.8) is 0 Å². The molecule has 0 bridgehead atoms. The third kappa shape index (κ3) is 9.18. The van der Waals surface area contributed by atoms with Crippen molar-refractivity contribution < 1.29 is 48.1 Å². The molecular weight excluding hydrogens is 464 g/mol. The Morgan fingerprint density at radius 1 is 0.714 bits per heavy atom. The van der Waals surface area contributed by atoms with Crippen LogP contribution in [0.3, 0.4) is 0 Å². The van der Waals surface area contributed by atoms with E-state index in [4.69, 9.17) is 9.84 Å². The number of nitrogens with one attached hydrogen (secondary N) is 2. The van der Waals surface area contributed by atoms with Crippen molar-refractivity contribution in [1.29, 1.82) is 0 Å². The predicted molar refractivity (Wildman–Crippen MR) is 120 cm³/mol. The Labute approximate surface area is 198 Å². The molecule has 12 heteroatoms. The van der Waals surface area contributed by atoms with E-state index in [9.17, 15) is 28.8 Å². The van der Waals surface area contributed by atoms with Gasteiger partial charge in [0.1, 0.15) is 0 Å². The molecule has 0 aliphatic rings. The molecule has 0 heterocycles. The zero-order valence-electron chi connectivity index (χ0n) is 18.3. The molecule has 0 saturated heterocycles. The van der Waals surface area contributed by atoms with Crippen LogP contribution < -0.4 is 10.6 Å². The highest BCUT2D eigenvalue weighted by Crippen LogP contribution is 2.11. The topological polar surface area (TPSA) is 174 Å². The Hall–Kier alpha value is -5.00. The molecule has 2 rings (SSSR count). The molecule has 0 aliphatic heterocycles. The largest absolute Gasteiger partial charge is 0.478 e. The highest BCUT2D eigenvalue weighted by molar-refractivity contribution is 5.97. The average molecular weight is 484 g/mol. The number of hydrogen-bond acceptors (Lipinski definition) is 9. The fraction of sp³-hybridized carbons (Fsp3) is 0.130. The summed E-state index contributed by atoms with van der Waals surface area (Å²) in [6, 6.07) is 11.1. The van der Waals surface area contributed by atoms with Gasteiger partial charge in [-0.05, 0) is 48.5 Å². The lowest BCUT2D eigenvalue weighted by Gasteiger charge is -2.06. The number of ether oxygens (including phenoxy) is 3. The smallest absolute Gasteiger partial charge is 0.337 e. The monoisotopic (exact) mass is 484 g/mol. The Bertz CT molecular complexity index is 1140. The molecule has 0 atom stereocenters. The zero-order valence-corrected chi connectivity index (χ0v) is 18.3. The Morgan fingerprint density at radius 2 is 1.11 bits per heavy atom. The van der Waals surface area contributed by atoms with E-state index in [1.54, 1.807) is 0 Å². The van der Waals surface area contributed by atoms with E-state index in [0.29, 0.717) is 16.9 Å². The van der Waals surface area contributed by atoms with Gasteiger partial charge >= 0.3 is 23.9 Å². The zero-order chi connectivity index (χ0) is 25.8. The first-order chi connectivity index (χ1) is 16.7. The van der Waals surface area contributed by atoms with Crippen LogP contribution in [0.2, 0.25) is 0 Å². The highest BCUT2D eigenvalue weighted by Gasteiger charge is 2.10. The second-order valence-corrected chi connectivity index (χ2v) is 6.60. The summed E-state index contributed by atoms with van der Waals surface area (Å²) in [7, 11) is 1.24. The van der Waals surface area contributed by atoms with Crippen molar-refractivity contribution in [2.45, 2.75) is 0 Å². The maximum absolute atomic E-state index is 11.8. The van der Waals surface area contributed by atoms with Crippen LogP contribution in [0.1, 0.15) is 20.7 Å². The van der Waals surface area contributed by atoms with Crippen LogP contribution in [-0.2, 0) is 33.4 Å². The van der Waals surface area contributed by atoms with E-state index < -0.39 is 48.9 Å². The number of rotatable bonds is 10. The summed E-state index contributed by atoms with van der Waals surface area (Å²) < 4.78 is 13.9. The number of carbonyl (C=O) groups is 6. The molecule has 0 aliphatic carbocycles. The number of carbonyl (C=O) groups excluding carboxylic acids is 5. The second-order valence-electron chi connectivity index (χ2n) is 6.60. The number of methoxy groups -OCH3 is 1. The number of anilines is 2. The van der Waals surface area contributed by atoms with Gasteiger partial charge in [-0.2, -0.15) is 0 Å². The molecule has 0 unspecified atom stereocenters. The predicted octanol–water partition coefficient (Wildman–Crippen LogP) is 1.39. The molecule has 182 valence electrons. The number of aromatic carboxylic acids is 1. The Kier molecular flexibility index (Phi) is 9.67. The molecule has 0 spiro atoms. The molecule has 12 nitrogen and oxygen atoms in total. The van der Waals surface area contributed by atoms with Crippen LogP contribution in [0.4, 0.5) is 11.4 Å². The molecule has 2 aromatic rings. The van der Waals surface area contributed by atoms with E-state index in [0.717, 1.165) is 12.2 Å². The van der Waals surface area contributed by atoms with Gasteiger partial charge in [-0.3, -0.25) is 9.59 Å². The third-order valence-electron chi connectivity index (χ3n) is 4.05. The van der Waals surface area contributed by atoms with Crippen LogP contribution >= 0.6 is 0 Å². The van der Waals surface area contributed by atoms with Gasteiger partial charge in [-0.1, -0.05) is 0 Å². The summed E-state index contributed by atoms with van der Waals surface area (Å²) in [5.41, 5.74) is 0.987. The number of hydrogen-bond donors (Lipinski definition) is 3. The van der Waals surface area contributed by atoms with Crippen molar-refractivity contribution >= 4 is 47.1 Å². The van der Waals surface area contributed by atoms with E-state index in [2.05, 4.69) is 20.1 Å². The molecule has 35 heavy (non-hydrogen) atoms. The highest BCUT2D eigenvalue weighted by atomic mass is 16.5. The lowest BCUT2D eigenvalue weighted by atomic mass is 10.2. The second kappa shape index (κ2) is 12.9. The summed E-state index contributed by atoms with van der Waals surface area (Å²) in [5, 5.41) is 13.7. The van der Waals surface area contributed by atoms with Crippen molar-refractivity contribution in [3.05, 3.63) is 71.8 Å². The molecule has 0 fully saturated rings. The fourth-order valence-electron chi connectivity index (χ4n) is 2.40. The minimum atomic E-state index is -1.12. The van der Waals surface area contributed by atoms with Gasteiger partial charge in [0.05, 0.1) is 18.2 Å². The van der Waals surface area contributed by atoms with Gasteiger partial charge in [0, 0.05) is 23.5 Å². The molecule has 3 N–H and O–H groups in total. The number of carboxylic acids is 1. The Morgan fingerprint density at radius 3 is 1.49 bits per heavy atom. The maximum atomic E-state index is 11.8. The van der Waals surface area contributed by atoms with Crippen LogP contribution in [0.15, 0.2) is 60.7 Å². The molecule has 0 aromatic heterocycles. The first kappa shape index (κ1) is 26.3. The Balaban J connectivity index is 1.69. The first-order valence-electron chi connectivity index (χ1n) is 9.81. The van der Waals surface area contributed by atoms with Crippen LogP contribution in [0.25, 0.3) is 0 Å². The number of esters is 3. The summed E-state index contributed by atoms with van der Waals surface area (Å²) in [4.78, 5) is 69.0. The normalized spacial score (nSPS) is 10.2. The minimum absolute atomic E-state index is 0.0400. The summed E-state index contributed by atoms with van der Waals surface area (Å²) in [6.07, 6.45) is 1.45. The number of amides is 2. The lowest BCUT2D eigenvalue weighted by molar-refractivity contribution is -0.144. The molecular formula is C23H20N2O10. The standard InChI is InChI=1S/C23H20N2O10/c1-33-23(32)15-4-8-17(9-5-15)25-19(27)13-35-21(29)11-10-20(28)34-12-18(26)24-16-6-2-14(3-7-16)22(30)31/h2-11H,12-13H2,1H3,(H,24,26)(H,25,27)(H,30,31)/b11-10+. The van der Waals surface area contributed by atoms with Gasteiger partial charge < -0.3 is 30.0 Å². The summed E-state index contributed by atoms with van der Waals surface area (Å²) in [5.74, 6) is -5.00. The third-order valence-corrected chi connectivity index (χ3v) is 4.05. The molecule has 2 amide bonds. The van der Waals surface area contributed by atoms with E-state index in [1.165, 1.54) is 55.6 Å². The first-order valence-corrected chi connectivity index (χ1v) is 9.81. The van der Waals surface area contributed by atoms with E-state index in [1.807, 2.05) is 0 Å². The van der Waals surface area contributed by atoms with Crippen LogP contribution in [0.5, 0.6) is 0 Å². The molecule has 2 aromatic carbocycles. The van der Waals surface area contributed by atoms with Crippen molar-refractivity contribution in [1.82, 2.24) is 0 Å². The molecule has 0 radical (unpaired) electrons. The lowest BCUT2D eigenvalue weighted by Crippen LogP contribution is -2.21. The quantitative estimate of drug-likeness (QED) is 0.254. The number of benzene rings is 2. The number of carboxylic acid groups (broad SMARTS) is 1.